The molecule has 0 aliphatic heterocycles. The molecule has 0 bridgehead atoms. The molecule has 2 nitrogen and oxygen atoms in total. The van der Waals surface area contributed by atoms with Crippen molar-refractivity contribution in [2.75, 3.05) is 0 Å². The predicted molar refractivity (Wildman–Crippen MR) is 47.8 cm³/mol. The van der Waals surface area contributed by atoms with E-state index in [1.54, 1.807) is 0 Å². The number of rotatable bonds is 2. The first-order valence-corrected chi connectivity index (χ1v) is 4.67. The van der Waals surface area contributed by atoms with Gasteiger partial charge in [0.2, 0.25) is 0 Å². The number of hydrogen-bond donors (Lipinski definition) is 0. The lowest BCUT2D eigenvalue weighted by molar-refractivity contribution is -0.134. The molecule has 68 valence electrons. The molecule has 1 atom stereocenters. The van der Waals surface area contributed by atoms with Crippen LogP contribution in [0.2, 0.25) is 0 Å². The number of hydrogen-bond acceptors (Lipinski definition) is 2. The van der Waals surface area contributed by atoms with E-state index in [9.17, 15) is 4.79 Å². The summed E-state index contributed by atoms with van der Waals surface area (Å²) in [6.07, 6.45) is 11.2. The molecule has 1 aliphatic rings. The highest BCUT2D eigenvalue weighted by atomic mass is 16.5. The van der Waals surface area contributed by atoms with Crippen molar-refractivity contribution in [1.29, 1.82) is 0 Å². The van der Waals surface area contributed by atoms with E-state index >= 15 is 0 Å². The Labute approximate surface area is 73.6 Å². The first-order chi connectivity index (χ1) is 5.93. The van der Waals surface area contributed by atoms with Gasteiger partial charge in [0, 0.05) is 0 Å². The van der Waals surface area contributed by atoms with E-state index in [1.807, 2.05) is 0 Å². The van der Waals surface area contributed by atoms with Gasteiger partial charge in [-0.2, -0.15) is 0 Å². The quantitative estimate of drug-likeness (QED) is 0.467. The molecule has 0 radical (unpaired) electrons. The average molecular weight is 168 g/mol. The SMILES string of the molecule is O=COC1CCC=CCCCC1. The summed E-state index contributed by atoms with van der Waals surface area (Å²) in [5.41, 5.74) is 0. The van der Waals surface area contributed by atoms with Crippen LogP contribution < -0.4 is 0 Å². The third kappa shape index (κ3) is 3.56. The summed E-state index contributed by atoms with van der Waals surface area (Å²) in [6, 6.07) is 0. The van der Waals surface area contributed by atoms with Crippen molar-refractivity contribution in [2.24, 2.45) is 0 Å². The highest BCUT2D eigenvalue weighted by Crippen LogP contribution is 2.14. The molecule has 12 heavy (non-hydrogen) atoms. The van der Waals surface area contributed by atoms with Gasteiger partial charge in [-0.05, 0) is 38.5 Å². The molecular weight excluding hydrogens is 152 g/mol. The second-order valence-electron chi connectivity index (χ2n) is 3.19. The maximum Gasteiger partial charge on any atom is 0.293 e. The summed E-state index contributed by atoms with van der Waals surface area (Å²) in [5, 5.41) is 0. The third-order valence-electron chi connectivity index (χ3n) is 2.22. The van der Waals surface area contributed by atoms with E-state index in [0.29, 0.717) is 6.47 Å². The summed E-state index contributed by atoms with van der Waals surface area (Å²) >= 11 is 0. The smallest absolute Gasteiger partial charge is 0.293 e. The summed E-state index contributed by atoms with van der Waals surface area (Å²) in [7, 11) is 0. The molecule has 0 saturated carbocycles. The van der Waals surface area contributed by atoms with Crippen molar-refractivity contribution in [3.63, 3.8) is 0 Å². The van der Waals surface area contributed by atoms with Gasteiger partial charge in [0.1, 0.15) is 6.10 Å². The Morgan fingerprint density at radius 1 is 1.17 bits per heavy atom. The van der Waals surface area contributed by atoms with Gasteiger partial charge in [-0.25, -0.2) is 0 Å². The molecule has 0 amide bonds. The van der Waals surface area contributed by atoms with Crippen LogP contribution in [-0.2, 0) is 9.53 Å². The van der Waals surface area contributed by atoms with Crippen LogP contribution in [0.4, 0.5) is 0 Å². The second-order valence-corrected chi connectivity index (χ2v) is 3.19. The number of carbonyl (C=O) groups excluding carboxylic acids is 1. The minimum absolute atomic E-state index is 0.158. The van der Waals surface area contributed by atoms with Gasteiger partial charge in [0.05, 0.1) is 0 Å². The standard InChI is InChI=1S/C10H16O2/c11-9-12-10-7-5-3-1-2-4-6-8-10/h1,3,9-10H,2,4-8H2. The minimum atomic E-state index is 0.158. The molecule has 1 aliphatic carbocycles. The van der Waals surface area contributed by atoms with E-state index in [4.69, 9.17) is 4.74 Å². The monoisotopic (exact) mass is 168 g/mol. The highest BCUT2D eigenvalue weighted by molar-refractivity contribution is 5.37. The van der Waals surface area contributed by atoms with Crippen LogP contribution >= 0.6 is 0 Å². The Morgan fingerprint density at radius 2 is 2.00 bits per heavy atom. The molecule has 0 heterocycles. The van der Waals surface area contributed by atoms with Crippen LogP contribution in [-0.4, -0.2) is 12.6 Å². The Morgan fingerprint density at radius 3 is 2.83 bits per heavy atom. The summed E-state index contributed by atoms with van der Waals surface area (Å²) in [5.74, 6) is 0. The lowest BCUT2D eigenvalue weighted by Crippen LogP contribution is -2.11. The number of allylic oxidation sites excluding steroid dienone is 2. The van der Waals surface area contributed by atoms with E-state index < -0.39 is 0 Å². The predicted octanol–water partition coefficient (Wildman–Crippen LogP) is 2.44. The van der Waals surface area contributed by atoms with Crippen LogP contribution in [0, 0.1) is 0 Å². The van der Waals surface area contributed by atoms with Crippen molar-refractivity contribution >= 4 is 6.47 Å². The fraction of sp³-hybridized carbons (Fsp3) is 0.700. The highest BCUT2D eigenvalue weighted by Gasteiger charge is 2.08. The zero-order valence-corrected chi connectivity index (χ0v) is 7.37. The molecule has 2 heteroatoms. The van der Waals surface area contributed by atoms with Gasteiger partial charge < -0.3 is 4.74 Å². The van der Waals surface area contributed by atoms with Gasteiger partial charge in [0.25, 0.3) is 6.47 Å². The molecule has 0 saturated heterocycles. The average Bonchev–Trinajstić information content (AvgIpc) is 2.19. The lowest BCUT2D eigenvalue weighted by atomic mass is 10.1. The van der Waals surface area contributed by atoms with Crippen LogP contribution in [0.1, 0.15) is 38.5 Å². The number of ether oxygens (including phenoxy) is 1. The van der Waals surface area contributed by atoms with Crippen molar-refractivity contribution < 1.29 is 9.53 Å². The first-order valence-electron chi connectivity index (χ1n) is 4.67. The van der Waals surface area contributed by atoms with Gasteiger partial charge in [-0.1, -0.05) is 12.2 Å². The van der Waals surface area contributed by atoms with E-state index in [1.165, 1.54) is 19.3 Å². The zero-order chi connectivity index (χ0) is 8.65. The van der Waals surface area contributed by atoms with Gasteiger partial charge in [-0.15, -0.1) is 0 Å². The molecule has 1 unspecified atom stereocenters. The maximum absolute atomic E-state index is 10.1. The Kier molecular flexibility index (Phi) is 4.50. The molecule has 0 aromatic heterocycles. The fourth-order valence-corrected chi connectivity index (χ4v) is 1.51. The largest absolute Gasteiger partial charge is 0.465 e. The first kappa shape index (κ1) is 9.30. The lowest BCUT2D eigenvalue weighted by Gasteiger charge is -2.12. The van der Waals surface area contributed by atoms with Crippen molar-refractivity contribution in [3.05, 3.63) is 12.2 Å². The third-order valence-corrected chi connectivity index (χ3v) is 2.22. The Balaban J connectivity index is 2.30. The van der Waals surface area contributed by atoms with Crippen LogP contribution in [0.15, 0.2) is 12.2 Å². The van der Waals surface area contributed by atoms with E-state index in [2.05, 4.69) is 12.2 Å². The van der Waals surface area contributed by atoms with Crippen molar-refractivity contribution in [2.45, 2.75) is 44.6 Å². The van der Waals surface area contributed by atoms with Gasteiger partial charge >= 0.3 is 0 Å². The molecular formula is C10H16O2. The summed E-state index contributed by atoms with van der Waals surface area (Å²) < 4.78 is 4.96. The summed E-state index contributed by atoms with van der Waals surface area (Å²) in [4.78, 5) is 10.1. The molecule has 0 spiro atoms. The molecule has 1 rings (SSSR count). The second kappa shape index (κ2) is 5.81. The van der Waals surface area contributed by atoms with Crippen molar-refractivity contribution in [1.82, 2.24) is 0 Å². The van der Waals surface area contributed by atoms with Gasteiger partial charge in [-0.3, -0.25) is 4.79 Å². The summed E-state index contributed by atoms with van der Waals surface area (Å²) in [6.45, 7) is 0.576. The Hall–Kier alpha value is -0.790. The van der Waals surface area contributed by atoms with E-state index in [-0.39, 0.29) is 6.10 Å². The van der Waals surface area contributed by atoms with E-state index in [0.717, 1.165) is 19.3 Å². The van der Waals surface area contributed by atoms with Crippen molar-refractivity contribution in [3.8, 4) is 0 Å². The minimum Gasteiger partial charge on any atom is -0.465 e. The molecule has 0 aromatic carbocycles. The van der Waals surface area contributed by atoms with Crippen LogP contribution in [0.3, 0.4) is 0 Å². The fourth-order valence-electron chi connectivity index (χ4n) is 1.51. The molecule has 0 aromatic rings. The van der Waals surface area contributed by atoms with Gasteiger partial charge in [0.15, 0.2) is 0 Å². The topological polar surface area (TPSA) is 26.3 Å². The van der Waals surface area contributed by atoms with Crippen LogP contribution in [0.25, 0.3) is 0 Å². The van der Waals surface area contributed by atoms with Crippen LogP contribution in [0.5, 0.6) is 0 Å². The molecule has 0 fully saturated rings. The number of carbonyl (C=O) groups is 1. The zero-order valence-electron chi connectivity index (χ0n) is 7.37. The molecule has 0 N–H and O–H groups in total. The normalized spacial score (nSPS) is 25.2. The maximum atomic E-state index is 10.1. The Bertz CT molecular complexity index is 152.